The van der Waals surface area contributed by atoms with E-state index in [1.54, 1.807) is 24.6 Å². The van der Waals surface area contributed by atoms with Gasteiger partial charge in [0.15, 0.2) is 0 Å². The molecule has 3 nitrogen and oxygen atoms in total. The minimum Gasteiger partial charge on any atom is -0.495 e. The summed E-state index contributed by atoms with van der Waals surface area (Å²) in [5.41, 5.74) is 7.70. The van der Waals surface area contributed by atoms with Gasteiger partial charge in [0.2, 0.25) is 0 Å². The van der Waals surface area contributed by atoms with E-state index in [1.807, 2.05) is 6.07 Å². The molecule has 0 spiro atoms. The Bertz CT molecular complexity index is 833. The highest BCUT2D eigenvalue weighted by atomic mass is 32.1. The zero-order valence-electron chi connectivity index (χ0n) is 11.6. The van der Waals surface area contributed by atoms with Crippen molar-refractivity contribution in [2.24, 2.45) is 0 Å². The molecule has 2 N–H and O–H groups in total. The largest absolute Gasteiger partial charge is 0.495 e. The fourth-order valence-corrected chi connectivity index (χ4v) is 2.91. The van der Waals surface area contributed by atoms with Crippen LogP contribution >= 0.6 is 11.3 Å². The van der Waals surface area contributed by atoms with Crippen molar-refractivity contribution in [3.63, 3.8) is 0 Å². The highest BCUT2D eigenvalue weighted by molar-refractivity contribution is 7.13. The molecule has 2 aromatic carbocycles. The molecule has 3 aromatic rings. The molecule has 0 aliphatic rings. The van der Waals surface area contributed by atoms with Crippen LogP contribution in [0.4, 0.5) is 14.5 Å². The lowest BCUT2D eigenvalue weighted by Crippen LogP contribution is -1.92. The summed E-state index contributed by atoms with van der Waals surface area (Å²) in [6.45, 7) is 0. The highest BCUT2D eigenvalue weighted by Gasteiger charge is 2.12. The molecule has 0 saturated carbocycles. The van der Waals surface area contributed by atoms with E-state index in [1.165, 1.54) is 11.3 Å². The lowest BCUT2D eigenvalue weighted by Gasteiger charge is -2.05. The molecule has 22 heavy (non-hydrogen) atoms. The van der Waals surface area contributed by atoms with Crippen LogP contribution in [0.5, 0.6) is 5.75 Å². The number of thiazole rings is 1. The van der Waals surface area contributed by atoms with Crippen molar-refractivity contribution in [3.8, 4) is 27.6 Å². The van der Waals surface area contributed by atoms with Gasteiger partial charge in [0.25, 0.3) is 0 Å². The van der Waals surface area contributed by atoms with Crippen molar-refractivity contribution < 1.29 is 13.5 Å². The number of hydrogen-bond acceptors (Lipinski definition) is 4. The van der Waals surface area contributed by atoms with Crippen LogP contribution in [-0.2, 0) is 0 Å². The van der Waals surface area contributed by atoms with Crippen molar-refractivity contribution in [1.82, 2.24) is 4.98 Å². The van der Waals surface area contributed by atoms with E-state index in [-0.39, 0.29) is 5.56 Å². The van der Waals surface area contributed by atoms with E-state index < -0.39 is 11.6 Å². The first-order valence-corrected chi connectivity index (χ1v) is 7.31. The second-order valence-electron chi connectivity index (χ2n) is 4.62. The topological polar surface area (TPSA) is 48.1 Å². The maximum atomic E-state index is 13.8. The number of anilines is 1. The van der Waals surface area contributed by atoms with Crippen LogP contribution in [0.25, 0.3) is 21.8 Å². The second-order valence-corrected chi connectivity index (χ2v) is 5.48. The Morgan fingerprint density at radius 2 is 1.95 bits per heavy atom. The molecule has 0 saturated heterocycles. The Hall–Kier alpha value is -2.47. The number of nitrogen functional groups attached to an aromatic ring is 1. The molecule has 112 valence electrons. The van der Waals surface area contributed by atoms with Crippen molar-refractivity contribution in [2.45, 2.75) is 0 Å². The number of nitrogens with two attached hydrogens (primary N) is 1. The zero-order chi connectivity index (χ0) is 15.7. The van der Waals surface area contributed by atoms with Gasteiger partial charge in [0.05, 0.1) is 18.5 Å². The van der Waals surface area contributed by atoms with E-state index in [0.717, 1.165) is 23.8 Å². The first-order chi connectivity index (χ1) is 10.6. The smallest absolute Gasteiger partial charge is 0.141 e. The van der Waals surface area contributed by atoms with E-state index >= 15 is 0 Å². The van der Waals surface area contributed by atoms with Gasteiger partial charge in [-0.2, -0.15) is 0 Å². The average Bonchev–Trinajstić information content (AvgIpc) is 2.99. The van der Waals surface area contributed by atoms with Crippen LogP contribution in [-0.4, -0.2) is 12.1 Å². The summed E-state index contributed by atoms with van der Waals surface area (Å²) in [6.07, 6.45) is 0. The highest BCUT2D eigenvalue weighted by Crippen LogP contribution is 2.33. The van der Waals surface area contributed by atoms with Crippen LogP contribution < -0.4 is 10.5 Å². The van der Waals surface area contributed by atoms with Crippen molar-refractivity contribution in [1.29, 1.82) is 0 Å². The summed E-state index contributed by atoms with van der Waals surface area (Å²) in [7, 11) is 1.54. The Kier molecular flexibility index (Phi) is 3.77. The Morgan fingerprint density at radius 3 is 2.68 bits per heavy atom. The molecule has 0 amide bonds. The number of aromatic nitrogens is 1. The number of ether oxygens (including phenoxy) is 1. The monoisotopic (exact) mass is 318 g/mol. The third-order valence-electron chi connectivity index (χ3n) is 3.19. The van der Waals surface area contributed by atoms with Gasteiger partial charge in [0, 0.05) is 16.5 Å². The Labute approximate surface area is 130 Å². The average molecular weight is 318 g/mol. The molecule has 0 aliphatic heterocycles. The number of rotatable bonds is 3. The molecule has 0 atom stereocenters. The third kappa shape index (κ3) is 2.65. The van der Waals surface area contributed by atoms with Crippen molar-refractivity contribution in [3.05, 3.63) is 53.4 Å². The molecule has 0 unspecified atom stereocenters. The van der Waals surface area contributed by atoms with Gasteiger partial charge >= 0.3 is 0 Å². The maximum absolute atomic E-state index is 13.8. The van der Waals surface area contributed by atoms with Gasteiger partial charge in [0.1, 0.15) is 22.4 Å². The third-order valence-corrected chi connectivity index (χ3v) is 4.08. The predicted octanol–water partition coefficient (Wildman–Crippen LogP) is 4.35. The number of nitrogens with zero attached hydrogens (tertiary/aromatic N) is 1. The number of benzene rings is 2. The SMILES string of the molecule is COc1ccc(-c2nc(-c3cc(F)ccc3F)cs2)cc1N. The molecular formula is C16H12F2N2OS. The number of hydrogen-bond donors (Lipinski definition) is 1. The van der Waals surface area contributed by atoms with E-state index in [2.05, 4.69) is 4.98 Å². The van der Waals surface area contributed by atoms with Gasteiger partial charge in [-0.25, -0.2) is 13.8 Å². The van der Waals surface area contributed by atoms with Crippen molar-refractivity contribution >= 4 is 17.0 Å². The molecule has 6 heteroatoms. The molecule has 0 aliphatic carbocycles. The summed E-state index contributed by atoms with van der Waals surface area (Å²) in [5.74, 6) is -0.427. The van der Waals surface area contributed by atoms with Gasteiger partial charge in [-0.3, -0.25) is 0 Å². The molecule has 0 radical (unpaired) electrons. The van der Waals surface area contributed by atoms with E-state index in [9.17, 15) is 8.78 Å². The summed E-state index contributed by atoms with van der Waals surface area (Å²) < 4.78 is 32.2. The maximum Gasteiger partial charge on any atom is 0.141 e. The number of halogens is 2. The first kappa shape index (κ1) is 14.5. The molecular weight excluding hydrogens is 306 g/mol. The molecule has 0 bridgehead atoms. The zero-order valence-corrected chi connectivity index (χ0v) is 12.5. The molecule has 1 aromatic heterocycles. The van der Waals surface area contributed by atoms with Crippen LogP contribution in [0, 0.1) is 11.6 Å². The van der Waals surface area contributed by atoms with Gasteiger partial charge < -0.3 is 10.5 Å². The summed E-state index contributed by atoms with van der Waals surface area (Å²) in [4.78, 5) is 4.36. The van der Waals surface area contributed by atoms with Crippen LogP contribution in [0.3, 0.4) is 0 Å². The lowest BCUT2D eigenvalue weighted by atomic mass is 10.1. The predicted molar refractivity (Wildman–Crippen MR) is 83.9 cm³/mol. The normalized spacial score (nSPS) is 10.7. The second kappa shape index (κ2) is 5.73. The standard InChI is InChI=1S/C16H12F2N2OS/c1-21-15-5-2-9(6-13(15)19)16-20-14(8-22-16)11-7-10(17)3-4-12(11)18/h2-8H,19H2,1H3. The minimum atomic E-state index is -0.507. The minimum absolute atomic E-state index is 0.143. The molecule has 0 fully saturated rings. The first-order valence-electron chi connectivity index (χ1n) is 6.43. The summed E-state index contributed by atoms with van der Waals surface area (Å²) >= 11 is 1.34. The lowest BCUT2D eigenvalue weighted by molar-refractivity contribution is 0.417. The van der Waals surface area contributed by atoms with Gasteiger partial charge in [-0.05, 0) is 36.4 Å². The van der Waals surface area contributed by atoms with Crippen LogP contribution in [0.1, 0.15) is 0 Å². The van der Waals surface area contributed by atoms with Crippen molar-refractivity contribution in [2.75, 3.05) is 12.8 Å². The summed E-state index contributed by atoms with van der Waals surface area (Å²) in [5, 5.41) is 2.36. The quantitative estimate of drug-likeness (QED) is 0.731. The van der Waals surface area contributed by atoms with Crippen LogP contribution in [0.15, 0.2) is 41.8 Å². The van der Waals surface area contributed by atoms with Crippen LogP contribution in [0.2, 0.25) is 0 Å². The van der Waals surface area contributed by atoms with Gasteiger partial charge in [-0.1, -0.05) is 0 Å². The fourth-order valence-electron chi connectivity index (χ4n) is 2.09. The number of methoxy groups -OCH3 is 1. The van der Waals surface area contributed by atoms with Gasteiger partial charge in [-0.15, -0.1) is 11.3 Å². The Morgan fingerprint density at radius 1 is 1.14 bits per heavy atom. The summed E-state index contributed by atoms with van der Waals surface area (Å²) in [6, 6.07) is 8.61. The molecule has 3 rings (SSSR count). The van der Waals surface area contributed by atoms with E-state index in [0.29, 0.717) is 22.1 Å². The molecule has 1 heterocycles. The van der Waals surface area contributed by atoms with E-state index in [4.69, 9.17) is 10.5 Å². The Balaban J connectivity index is 2.00. The fraction of sp³-hybridized carbons (Fsp3) is 0.0625.